The van der Waals surface area contributed by atoms with Crippen molar-refractivity contribution in [2.45, 2.75) is 6.61 Å². The Morgan fingerprint density at radius 3 is 2.85 bits per heavy atom. The molecule has 1 heterocycles. The summed E-state index contributed by atoms with van der Waals surface area (Å²) in [6.07, 6.45) is 1.64. The Bertz CT molecular complexity index is 637. The summed E-state index contributed by atoms with van der Waals surface area (Å²) in [6, 6.07) is 10.6. The van der Waals surface area contributed by atoms with Crippen molar-refractivity contribution in [3.05, 3.63) is 47.8 Å². The van der Waals surface area contributed by atoms with Crippen molar-refractivity contribution in [2.75, 3.05) is 12.5 Å². The van der Waals surface area contributed by atoms with Crippen molar-refractivity contribution >= 4 is 5.69 Å². The van der Waals surface area contributed by atoms with Crippen LogP contribution in [-0.2, 0) is 6.61 Å². The molecule has 2 aromatic rings. The van der Waals surface area contributed by atoms with Crippen LogP contribution in [0.15, 0.2) is 36.5 Å². The summed E-state index contributed by atoms with van der Waals surface area (Å²) < 4.78 is 10.8. The fourth-order valence-corrected chi connectivity index (χ4v) is 1.65. The molecule has 0 unspecified atom stereocenters. The molecule has 0 aliphatic carbocycles. The second kappa shape index (κ2) is 6.41. The second-order valence-electron chi connectivity index (χ2n) is 3.95. The number of hydrazine groups is 1. The largest absolute Gasteiger partial charge is 0.493 e. The fraction of sp³-hybridized carbons (Fsp3) is 0.143. The van der Waals surface area contributed by atoms with Crippen LogP contribution in [0.2, 0.25) is 0 Å². The van der Waals surface area contributed by atoms with Crippen LogP contribution in [-0.4, -0.2) is 12.1 Å². The Balaban J connectivity index is 2.12. The van der Waals surface area contributed by atoms with Crippen molar-refractivity contribution in [3.63, 3.8) is 0 Å². The van der Waals surface area contributed by atoms with E-state index in [1.807, 2.05) is 6.07 Å². The summed E-state index contributed by atoms with van der Waals surface area (Å²) in [6.45, 7) is 0.276. The van der Waals surface area contributed by atoms with E-state index < -0.39 is 0 Å². The first-order valence-electron chi connectivity index (χ1n) is 5.89. The molecular weight excluding hydrogens is 256 g/mol. The lowest BCUT2D eigenvalue weighted by Crippen LogP contribution is -2.08. The van der Waals surface area contributed by atoms with Gasteiger partial charge in [0.1, 0.15) is 6.61 Å². The standard InChI is InChI=1S/C14H14N4O2/c1-19-14-6-10(8-15)2-3-13(14)20-9-12-7-11(18-16)4-5-17-12/h2-7H,9,16H2,1H3,(H,17,18). The topological polar surface area (TPSA) is 93.2 Å². The number of nitrogens with two attached hydrogens (primary N) is 1. The van der Waals surface area contributed by atoms with E-state index in [9.17, 15) is 0 Å². The van der Waals surface area contributed by atoms with Gasteiger partial charge >= 0.3 is 0 Å². The number of rotatable bonds is 5. The third-order valence-corrected chi connectivity index (χ3v) is 2.65. The number of hydrogen-bond donors (Lipinski definition) is 2. The summed E-state index contributed by atoms with van der Waals surface area (Å²) in [5.74, 6) is 6.40. The SMILES string of the molecule is COc1cc(C#N)ccc1OCc1cc(NN)ccn1. The molecule has 0 spiro atoms. The first-order valence-corrected chi connectivity index (χ1v) is 5.89. The summed E-state index contributed by atoms with van der Waals surface area (Å²) in [5, 5.41) is 8.84. The van der Waals surface area contributed by atoms with E-state index in [2.05, 4.69) is 10.4 Å². The predicted octanol–water partition coefficient (Wildman–Crippen LogP) is 1.83. The van der Waals surface area contributed by atoms with Crippen molar-refractivity contribution in [3.8, 4) is 17.6 Å². The van der Waals surface area contributed by atoms with Gasteiger partial charge in [-0.3, -0.25) is 10.8 Å². The zero-order valence-electron chi connectivity index (χ0n) is 11.0. The molecule has 6 heteroatoms. The molecule has 3 N–H and O–H groups in total. The average Bonchev–Trinajstić information content (AvgIpc) is 2.52. The minimum Gasteiger partial charge on any atom is -0.493 e. The molecule has 0 aliphatic heterocycles. The highest BCUT2D eigenvalue weighted by molar-refractivity contribution is 5.47. The number of benzene rings is 1. The van der Waals surface area contributed by atoms with Gasteiger partial charge in [-0.1, -0.05) is 0 Å². The van der Waals surface area contributed by atoms with Gasteiger partial charge < -0.3 is 14.9 Å². The quantitative estimate of drug-likeness (QED) is 0.636. The van der Waals surface area contributed by atoms with Crippen LogP contribution >= 0.6 is 0 Å². The number of nitrogens with zero attached hydrogens (tertiary/aromatic N) is 2. The van der Waals surface area contributed by atoms with Crippen LogP contribution in [0.5, 0.6) is 11.5 Å². The van der Waals surface area contributed by atoms with Gasteiger partial charge in [0.05, 0.1) is 30.1 Å². The minimum atomic E-state index is 0.276. The molecule has 0 aliphatic rings. The Morgan fingerprint density at radius 1 is 1.30 bits per heavy atom. The lowest BCUT2D eigenvalue weighted by Gasteiger charge is -2.11. The van der Waals surface area contributed by atoms with E-state index >= 15 is 0 Å². The molecular formula is C14H14N4O2. The van der Waals surface area contributed by atoms with Gasteiger partial charge in [0.15, 0.2) is 11.5 Å². The van der Waals surface area contributed by atoms with E-state index in [1.54, 1.807) is 36.5 Å². The molecule has 20 heavy (non-hydrogen) atoms. The van der Waals surface area contributed by atoms with E-state index in [0.717, 1.165) is 11.4 Å². The number of nitriles is 1. The first-order chi connectivity index (χ1) is 9.76. The van der Waals surface area contributed by atoms with Crippen LogP contribution in [0.25, 0.3) is 0 Å². The van der Waals surface area contributed by atoms with Gasteiger partial charge in [-0.15, -0.1) is 0 Å². The normalized spacial score (nSPS) is 9.65. The highest BCUT2D eigenvalue weighted by Gasteiger charge is 2.06. The maximum Gasteiger partial charge on any atom is 0.162 e. The molecule has 6 nitrogen and oxygen atoms in total. The minimum absolute atomic E-state index is 0.276. The van der Waals surface area contributed by atoms with Gasteiger partial charge in [-0.2, -0.15) is 5.26 Å². The lowest BCUT2D eigenvalue weighted by atomic mass is 10.2. The van der Waals surface area contributed by atoms with E-state index in [4.69, 9.17) is 20.6 Å². The molecule has 1 aromatic heterocycles. The van der Waals surface area contributed by atoms with Crippen LogP contribution in [0.1, 0.15) is 11.3 Å². The molecule has 0 bridgehead atoms. The molecule has 0 fully saturated rings. The van der Waals surface area contributed by atoms with Gasteiger partial charge in [0.25, 0.3) is 0 Å². The fourth-order valence-electron chi connectivity index (χ4n) is 1.65. The summed E-state index contributed by atoms with van der Waals surface area (Å²) in [5.41, 5.74) is 4.55. The van der Waals surface area contributed by atoms with Crippen molar-refractivity contribution in [1.82, 2.24) is 4.98 Å². The number of methoxy groups -OCH3 is 1. The third kappa shape index (κ3) is 3.16. The molecule has 0 atom stereocenters. The first kappa shape index (κ1) is 13.6. The van der Waals surface area contributed by atoms with Crippen LogP contribution < -0.4 is 20.7 Å². The molecule has 102 valence electrons. The second-order valence-corrected chi connectivity index (χ2v) is 3.95. The number of anilines is 1. The Kier molecular flexibility index (Phi) is 4.37. The lowest BCUT2D eigenvalue weighted by molar-refractivity contribution is 0.280. The monoisotopic (exact) mass is 270 g/mol. The number of hydrogen-bond acceptors (Lipinski definition) is 6. The molecule has 2 rings (SSSR count). The van der Waals surface area contributed by atoms with Gasteiger partial charge in [-0.25, -0.2) is 0 Å². The number of nitrogens with one attached hydrogen (secondary N) is 1. The third-order valence-electron chi connectivity index (χ3n) is 2.65. The molecule has 0 amide bonds. The Labute approximate surface area is 116 Å². The average molecular weight is 270 g/mol. The number of pyridine rings is 1. The maximum atomic E-state index is 8.84. The van der Waals surface area contributed by atoms with E-state index in [1.165, 1.54) is 7.11 Å². The molecule has 0 saturated heterocycles. The smallest absolute Gasteiger partial charge is 0.162 e. The van der Waals surface area contributed by atoms with Crippen molar-refractivity contribution in [2.24, 2.45) is 5.84 Å². The molecule has 1 aromatic carbocycles. The van der Waals surface area contributed by atoms with Gasteiger partial charge in [0.2, 0.25) is 0 Å². The van der Waals surface area contributed by atoms with Crippen LogP contribution in [0, 0.1) is 11.3 Å². The van der Waals surface area contributed by atoms with Crippen molar-refractivity contribution in [1.29, 1.82) is 5.26 Å². The number of nitrogen functional groups attached to an aromatic ring is 1. The van der Waals surface area contributed by atoms with Crippen LogP contribution in [0.3, 0.4) is 0 Å². The summed E-state index contributed by atoms with van der Waals surface area (Å²) >= 11 is 0. The summed E-state index contributed by atoms with van der Waals surface area (Å²) in [7, 11) is 1.53. The Morgan fingerprint density at radius 2 is 2.15 bits per heavy atom. The highest BCUT2D eigenvalue weighted by atomic mass is 16.5. The predicted molar refractivity (Wildman–Crippen MR) is 74.1 cm³/mol. The maximum absolute atomic E-state index is 8.84. The highest BCUT2D eigenvalue weighted by Crippen LogP contribution is 2.28. The van der Waals surface area contributed by atoms with E-state index in [0.29, 0.717) is 17.1 Å². The van der Waals surface area contributed by atoms with Gasteiger partial charge in [-0.05, 0) is 24.3 Å². The van der Waals surface area contributed by atoms with Gasteiger partial charge in [0, 0.05) is 12.3 Å². The van der Waals surface area contributed by atoms with E-state index in [-0.39, 0.29) is 6.61 Å². The van der Waals surface area contributed by atoms with Crippen LogP contribution in [0.4, 0.5) is 5.69 Å². The Hall–Kier alpha value is -2.78. The van der Waals surface area contributed by atoms with Crippen molar-refractivity contribution < 1.29 is 9.47 Å². The number of aromatic nitrogens is 1. The zero-order chi connectivity index (χ0) is 14.4. The zero-order valence-corrected chi connectivity index (χ0v) is 11.0. The molecule has 0 saturated carbocycles. The number of ether oxygens (including phenoxy) is 2. The summed E-state index contributed by atoms with van der Waals surface area (Å²) in [4.78, 5) is 4.18. The molecule has 0 radical (unpaired) electrons.